The van der Waals surface area contributed by atoms with Crippen LogP contribution in [-0.4, -0.2) is 11.6 Å². The maximum Gasteiger partial charge on any atom is 0.119 e. The Morgan fingerprint density at radius 2 is 1.72 bits per heavy atom. The van der Waals surface area contributed by atoms with E-state index in [-0.39, 0.29) is 5.54 Å². The smallest absolute Gasteiger partial charge is 0.119 e. The average Bonchev–Trinajstić information content (AvgIpc) is 2.80. The fourth-order valence-corrected chi connectivity index (χ4v) is 2.25. The van der Waals surface area contributed by atoms with Gasteiger partial charge in [-0.15, -0.1) is 0 Å². The van der Waals surface area contributed by atoms with Gasteiger partial charge in [-0.2, -0.15) is 0 Å². The minimum atomic E-state index is 0.166. The first-order chi connectivity index (χ1) is 8.53. The SMILES string of the molecule is CC(C)(C)NCc1ccc(OC2CCCC2)cc1. The lowest BCUT2D eigenvalue weighted by atomic mass is 10.1. The van der Waals surface area contributed by atoms with Crippen molar-refractivity contribution in [2.45, 2.75) is 64.6 Å². The van der Waals surface area contributed by atoms with Crippen molar-refractivity contribution in [1.29, 1.82) is 0 Å². The van der Waals surface area contributed by atoms with Gasteiger partial charge in [0, 0.05) is 12.1 Å². The van der Waals surface area contributed by atoms with Crippen molar-refractivity contribution in [2.75, 3.05) is 0 Å². The quantitative estimate of drug-likeness (QED) is 0.871. The highest BCUT2D eigenvalue weighted by Crippen LogP contribution is 2.24. The van der Waals surface area contributed by atoms with Crippen molar-refractivity contribution in [1.82, 2.24) is 5.32 Å². The minimum absolute atomic E-state index is 0.166. The Balaban J connectivity index is 1.85. The highest BCUT2D eigenvalue weighted by atomic mass is 16.5. The van der Waals surface area contributed by atoms with E-state index in [1.165, 1.54) is 31.2 Å². The van der Waals surface area contributed by atoms with Crippen molar-refractivity contribution >= 4 is 0 Å². The summed E-state index contributed by atoms with van der Waals surface area (Å²) < 4.78 is 5.96. The maximum atomic E-state index is 5.96. The van der Waals surface area contributed by atoms with Crippen LogP contribution < -0.4 is 10.1 Å². The second-order valence-corrected chi connectivity index (χ2v) is 6.27. The van der Waals surface area contributed by atoms with Crippen LogP contribution >= 0.6 is 0 Å². The normalized spacial score (nSPS) is 17.1. The molecule has 1 aromatic carbocycles. The molecule has 0 aliphatic heterocycles. The third kappa shape index (κ3) is 4.34. The van der Waals surface area contributed by atoms with Crippen LogP contribution in [0.3, 0.4) is 0 Å². The van der Waals surface area contributed by atoms with E-state index in [0.717, 1.165) is 12.3 Å². The molecule has 18 heavy (non-hydrogen) atoms. The molecule has 1 aromatic rings. The summed E-state index contributed by atoms with van der Waals surface area (Å²) in [5, 5.41) is 3.49. The lowest BCUT2D eigenvalue weighted by Gasteiger charge is -2.20. The molecular formula is C16H25NO. The van der Waals surface area contributed by atoms with Crippen LogP contribution in [0.5, 0.6) is 5.75 Å². The zero-order chi connectivity index (χ0) is 13.0. The van der Waals surface area contributed by atoms with Crippen molar-refractivity contribution in [2.24, 2.45) is 0 Å². The van der Waals surface area contributed by atoms with Gasteiger partial charge in [0.1, 0.15) is 5.75 Å². The molecule has 1 N–H and O–H groups in total. The van der Waals surface area contributed by atoms with E-state index in [9.17, 15) is 0 Å². The van der Waals surface area contributed by atoms with E-state index in [1.54, 1.807) is 0 Å². The van der Waals surface area contributed by atoms with Gasteiger partial charge < -0.3 is 10.1 Å². The number of hydrogen-bond acceptors (Lipinski definition) is 2. The Morgan fingerprint density at radius 1 is 1.11 bits per heavy atom. The van der Waals surface area contributed by atoms with Gasteiger partial charge in [0.2, 0.25) is 0 Å². The van der Waals surface area contributed by atoms with E-state index >= 15 is 0 Å². The molecule has 1 fully saturated rings. The van der Waals surface area contributed by atoms with Crippen LogP contribution in [0, 0.1) is 0 Å². The first-order valence-corrected chi connectivity index (χ1v) is 7.03. The Bertz CT molecular complexity index is 358. The molecular weight excluding hydrogens is 222 g/mol. The molecule has 2 heteroatoms. The first-order valence-electron chi connectivity index (χ1n) is 7.03. The van der Waals surface area contributed by atoms with Crippen molar-refractivity contribution in [3.63, 3.8) is 0 Å². The summed E-state index contributed by atoms with van der Waals surface area (Å²) in [5.41, 5.74) is 1.47. The van der Waals surface area contributed by atoms with Crippen molar-refractivity contribution < 1.29 is 4.74 Å². The molecule has 0 amide bonds. The third-order valence-corrected chi connectivity index (χ3v) is 3.35. The minimum Gasteiger partial charge on any atom is -0.490 e. The number of ether oxygens (including phenoxy) is 1. The number of hydrogen-bond donors (Lipinski definition) is 1. The van der Waals surface area contributed by atoms with E-state index in [2.05, 4.69) is 50.4 Å². The largest absolute Gasteiger partial charge is 0.490 e. The molecule has 1 aliphatic rings. The highest BCUT2D eigenvalue weighted by Gasteiger charge is 2.16. The fourth-order valence-electron chi connectivity index (χ4n) is 2.25. The lowest BCUT2D eigenvalue weighted by Crippen LogP contribution is -2.35. The van der Waals surface area contributed by atoms with Crippen LogP contribution in [0.1, 0.15) is 52.0 Å². The third-order valence-electron chi connectivity index (χ3n) is 3.35. The molecule has 0 saturated heterocycles. The van der Waals surface area contributed by atoms with Gasteiger partial charge in [-0.05, 0) is 64.2 Å². The monoisotopic (exact) mass is 247 g/mol. The van der Waals surface area contributed by atoms with Crippen LogP contribution in [0.2, 0.25) is 0 Å². The second kappa shape index (κ2) is 5.75. The van der Waals surface area contributed by atoms with Crippen molar-refractivity contribution in [3.8, 4) is 5.75 Å². The van der Waals surface area contributed by atoms with Crippen LogP contribution in [-0.2, 0) is 6.54 Å². The fraction of sp³-hybridized carbons (Fsp3) is 0.625. The van der Waals surface area contributed by atoms with Crippen molar-refractivity contribution in [3.05, 3.63) is 29.8 Å². The summed E-state index contributed by atoms with van der Waals surface area (Å²) in [6.07, 6.45) is 5.51. The highest BCUT2D eigenvalue weighted by molar-refractivity contribution is 5.27. The van der Waals surface area contributed by atoms with E-state index < -0.39 is 0 Å². The molecule has 0 spiro atoms. The van der Waals surface area contributed by atoms with E-state index in [4.69, 9.17) is 4.74 Å². The summed E-state index contributed by atoms with van der Waals surface area (Å²) in [6, 6.07) is 8.50. The first kappa shape index (κ1) is 13.4. The lowest BCUT2D eigenvalue weighted by molar-refractivity contribution is 0.210. The van der Waals surface area contributed by atoms with Crippen LogP contribution in [0.4, 0.5) is 0 Å². The van der Waals surface area contributed by atoms with Gasteiger partial charge in [-0.25, -0.2) is 0 Å². The number of benzene rings is 1. The summed E-state index contributed by atoms with van der Waals surface area (Å²) >= 11 is 0. The number of nitrogens with one attached hydrogen (secondary N) is 1. The van der Waals surface area contributed by atoms with Gasteiger partial charge >= 0.3 is 0 Å². The van der Waals surface area contributed by atoms with E-state index in [1.807, 2.05) is 0 Å². The Labute approximate surface area is 111 Å². The predicted octanol–water partition coefficient (Wildman–Crippen LogP) is 3.90. The van der Waals surface area contributed by atoms with Gasteiger partial charge in [-0.3, -0.25) is 0 Å². The van der Waals surface area contributed by atoms with E-state index in [0.29, 0.717) is 6.10 Å². The van der Waals surface area contributed by atoms with Gasteiger partial charge in [0.25, 0.3) is 0 Å². The standard InChI is InChI=1S/C16H25NO/c1-16(2,3)17-12-13-8-10-15(11-9-13)18-14-6-4-5-7-14/h8-11,14,17H,4-7,12H2,1-3H3. The van der Waals surface area contributed by atoms with Gasteiger partial charge in [0.05, 0.1) is 6.10 Å². The average molecular weight is 247 g/mol. The molecule has 1 aliphatic carbocycles. The molecule has 1 saturated carbocycles. The molecule has 2 rings (SSSR count). The summed E-state index contributed by atoms with van der Waals surface area (Å²) in [7, 11) is 0. The molecule has 0 unspecified atom stereocenters. The Hall–Kier alpha value is -1.02. The molecule has 0 radical (unpaired) electrons. The van der Waals surface area contributed by atoms with Gasteiger partial charge in [0.15, 0.2) is 0 Å². The number of rotatable bonds is 4. The van der Waals surface area contributed by atoms with Crippen LogP contribution in [0.15, 0.2) is 24.3 Å². The summed E-state index contributed by atoms with van der Waals surface area (Å²) in [6.45, 7) is 7.47. The molecule has 2 nitrogen and oxygen atoms in total. The van der Waals surface area contributed by atoms with Crippen LogP contribution in [0.25, 0.3) is 0 Å². The zero-order valence-electron chi connectivity index (χ0n) is 11.8. The summed E-state index contributed by atoms with van der Waals surface area (Å²) in [5.74, 6) is 1.02. The summed E-state index contributed by atoms with van der Waals surface area (Å²) in [4.78, 5) is 0. The molecule has 0 atom stereocenters. The molecule has 100 valence electrons. The Morgan fingerprint density at radius 3 is 2.28 bits per heavy atom. The van der Waals surface area contributed by atoms with Gasteiger partial charge in [-0.1, -0.05) is 12.1 Å². The molecule has 0 bridgehead atoms. The molecule has 0 heterocycles. The Kier molecular flexibility index (Phi) is 4.28. The second-order valence-electron chi connectivity index (χ2n) is 6.27. The maximum absolute atomic E-state index is 5.96. The zero-order valence-corrected chi connectivity index (χ0v) is 11.8. The molecule has 0 aromatic heterocycles. The predicted molar refractivity (Wildman–Crippen MR) is 75.9 cm³/mol. The topological polar surface area (TPSA) is 21.3 Å².